The van der Waals surface area contributed by atoms with Crippen molar-refractivity contribution in [2.75, 3.05) is 0 Å². The zero-order chi connectivity index (χ0) is 9.68. The van der Waals surface area contributed by atoms with E-state index in [-0.39, 0.29) is 0 Å². The molecule has 1 atom stereocenters. The molecule has 74 valence electrons. The van der Waals surface area contributed by atoms with E-state index >= 15 is 0 Å². The molecule has 3 heteroatoms. The molecule has 0 aliphatic heterocycles. The summed E-state index contributed by atoms with van der Waals surface area (Å²) in [6.07, 6.45) is 8.83. The van der Waals surface area contributed by atoms with E-state index < -0.39 is 11.9 Å². The molecule has 0 aromatic heterocycles. The van der Waals surface area contributed by atoms with Crippen molar-refractivity contribution in [1.29, 1.82) is 0 Å². The van der Waals surface area contributed by atoms with Gasteiger partial charge in [-0.05, 0) is 38.5 Å². The third-order valence-electron chi connectivity index (χ3n) is 2.53. The van der Waals surface area contributed by atoms with Gasteiger partial charge in [0.25, 0.3) is 0 Å². The highest BCUT2D eigenvalue weighted by atomic mass is 16.1. The first-order valence-electron chi connectivity index (χ1n) is 4.93. The number of amides is 1. The number of hydrogen-bond acceptors (Lipinski definition) is 2. The Hall–Kier alpha value is -0.830. The molecule has 0 bridgehead atoms. The van der Waals surface area contributed by atoms with Gasteiger partial charge in [0, 0.05) is 0 Å². The molecular weight excluding hydrogens is 164 g/mol. The van der Waals surface area contributed by atoms with E-state index in [2.05, 4.69) is 6.08 Å². The quantitative estimate of drug-likeness (QED) is 0.639. The summed E-state index contributed by atoms with van der Waals surface area (Å²) in [4.78, 5) is 10.6. The highest BCUT2D eigenvalue weighted by Crippen LogP contribution is 2.21. The lowest BCUT2D eigenvalue weighted by Crippen LogP contribution is -2.36. The average Bonchev–Trinajstić information content (AvgIpc) is 2.15. The first-order valence-corrected chi connectivity index (χ1v) is 4.93. The lowest BCUT2D eigenvalue weighted by molar-refractivity contribution is -0.119. The normalized spacial score (nSPS) is 19.3. The minimum absolute atomic E-state index is 0.392. The van der Waals surface area contributed by atoms with Gasteiger partial charge in [-0.25, -0.2) is 0 Å². The minimum atomic E-state index is -0.470. The molecule has 1 unspecified atom stereocenters. The van der Waals surface area contributed by atoms with Crippen molar-refractivity contribution < 1.29 is 4.79 Å². The van der Waals surface area contributed by atoms with Crippen molar-refractivity contribution in [2.45, 2.75) is 44.6 Å². The van der Waals surface area contributed by atoms with Gasteiger partial charge in [0.1, 0.15) is 0 Å². The smallest absolute Gasteiger partial charge is 0.234 e. The molecule has 0 saturated carbocycles. The Labute approximate surface area is 79.2 Å². The van der Waals surface area contributed by atoms with Gasteiger partial charge in [0.2, 0.25) is 5.91 Å². The molecule has 4 N–H and O–H groups in total. The Kier molecular flexibility index (Phi) is 3.96. The first-order chi connectivity index (χ1) is 6.20. The van der Waals surface area contributed by atoms with Crippen molar-refractivity contribution in [3.8, 4) is 0 Å². The SMILES string of the molecule is NC(=O)C(N)CCC1=CCCCC1. The molecule has 0 fully saturated rings. The molecule has 1 rings (SSSR count). The summed E-state index contributed by atoms with van der Waals surface area (Å²) in [5.74, 6) is -0.392. The summed E-state index contributed by atoms with van der Waals surface area (Å²) in [5, 5.41) is 0. The van der Waals surface area contributed by atoms with Gasteiger partial charge >= 0.3 is 0 Å². The summed E-state index contributed by atoms with van der Waals surface area (Å²) in [6.45, 7) is 0. The van der Waals surface area contributed by atoms with Crippen LogP contribution in [0, 0.1) is 0 Å². The Balaban J connectivity index is 2.25. The Morgan fingerprint density at radius 2 is 2.31 bits per heavy atom. The molecule has 0 aromatic rings. The maximum absolute atomic E-state index is 10.6. The Morgan fingerprint density at radius 1 is 1.54 bits per heavy atom. The zero-order valence-electron chi connectivity index (χ0n) is 7.96. The maximum atomic E-state index is 10.6. The van der Waals surface area contributed by atoms with E-state index in [1.54, 1.807) is 0 Å². The van der Waals surface area contributed by atoms with Gasteiger partial charge in [-0.3, -0.25) is 4.79 Å². The number of allylic oxidation sites excluding steroid dienone is 2. The van der Waals surface area contributed by atoms with Crippen LogP contribution in [-0.2, 0) is 4.79 Å². The van der Waals surface area contributed by atoms with Gasteiger partial charge in [-0.1, -0.05) is 11.6 Å². The van der Waals surface area contributed by atoms with Crippen LogP contribution in [0.4, 0.5) is 0 Å². The van der Waals surface area contributed by atoms with Crippen molar-refractivity contribution in [3.05, 3.63) is 11.6 Å². The molecule has 13 heavy (non-hydrogen) atoms. The van der Waals surface area contributed by atoms with E-state index in [9.17, 15) is 4.79 Å². The number of carbonyl (C=O) groups is 1. The number of carbonyl (C=O) groups excluding carboxylic acids is 1. The van der Waals surface area contributed by atoms with E-state index in [4.69, 9.17) is 11.5 Å². The van der Waals surface area contributed by atoms with Gasteiger partial charge in [-0.15, -0.1) is 0 Å². The van der Waals surface area contributed by atoms with Gasteiger partial charge in [0.05, 0.1) is 6.04 Å². The zero-order valence-corrected chi connectivity index (χ0v) is 7.96. The van der Waals surface area contributed by atoms with Crippen LogP contribution >= 0.6 is 0 Å². The highest BCUT2D eigenvalue weighted by Gasteiger charge is 2.10. The molecule has 1 amide bonds. The summed E-state index contributed by atoms with van der Waals surface area (Å²) >= 11 is 0. The minimum Gasteiger partial charge on any atom is -0.368 e. The fraction of sp³-hybridized carbons (Fsp3) is 0.700. The molecule has 1 aliphatic rings. The molecule has 0 radical (unpaired) electrons. The van der Waals surface area contributed by atoms with Gasteiger partial charge < -0.3 is 11.5 Å². The molecule has 0 aromatic carbocycles. The first kappa shape index (κ1) is 10.3. The predicted molar refractivity (Wildman–Crippen MR) is 53.0 cm³/mol. The summed E-state index contributed by atoms with van der Waals surface area (Å²) in [6, 6.07) is -0.470. The molecule has 0 spiro atoms. The second-order valence-electron chi connectivity index (χ2n) is 3.66. The maximum Gasteiger partial charge on any atom is 0.234 e. The van der Waals surface area contributed by atoms with Crippen LogP contribution in [-0.4, -0.2) is 11.9 Å². The van der Waals surface area contributed by atoms with Crippen molar-refractivity contribution in [1.82, 2.24) is 0 Å². The summed E-state index contributed by atoms with van der Waals surface area (Å²) in [5.41, 5.74) is 12.0. The Morgan fingerprint density at radius 3 is 2.85 bits per heavy atom. The molecule has 0 saturated heterocycles. The van der Waals surface area contributed by atoms with Crippen molar-refractivity contribution in [3.63, 3.8) is 0 Å². The van der Waals surface area contributed by atoms with Crippen LogP contribution in [0.5, 0.6) is 0 Å². The second kappa shape index (κ2) is 5.02. The Bertz CT molecular complexity index is 211. The number of rotatable bonds is 4. The van der Waals surface area contributed by atoms with E-state index in [1.165, 1.54) is 31.3 Å². The van der Waals surface area contributed by atoms with E-state index in [1.807, 2.05) is 0 Å². The van der Waals surface area contributed by atoms with Crippen LogP contribution in [0.2, 0.25) is 0 Å². The van der Waals surface area contributed by atoms with Crippen LogP contribution in [0.25, 0.3) is 0 Å². The number of nitrogens with two attached hydrogens (primary N) is 2. The summed E-state index contributed by atoms with van der Waals surface area (Å²) < 4.78 is 0. The third kappa shape index (κ3) is 3.59. The van der Waals surface area contributed by atoms with Crippen LogP contribution in [0.1, 0.15) is 38.5 Å². The van der Waals surface area contributed by atoms with Gasteiger partial charge in [0.15, 0.2) is 0 Å². The van der Waals surface area contributed by atoms with Crippen molar-refractivity contribution >= 4 is 5.91 Å². The fourth-order valence-electron chi connectivity index (χ4n) is 1.61. The number of primary amides is 1. The highest BCUT2D eigenvalue weighted by molar-refractivity contribution is 5.79. The second-order valence-corrected chi connectivity index (χ2v) is 3.66. The molecule has 0 heterocycles. The predicted octanol–water partition coefficient (Wildman–Crippen LogP) is 1.08. The largest absolute Gasteiger partial charge is 0.368 e. The topological polar surface area (TPSA) is 69.1 Å². The van der Waals surface area contributed by atoms with E-state index in [0.717, 1.165) is 6.42 Å². The van der Waals surface area contributed by atoms with Crippen LogP contribution in [0.15, 0.2) is 11.6 Å². The van der Waals surface area contributed by atoms with Gasteiger partial charge in [-0.2, -0.15) is 0 Å². The lowest BCUT2D eigenvalue weighted by atomic mass is 9.94. The summed E-state index contributed by atoms with van der Waals surface area (Å²) in [7, 11) is 0. The van der Waals surface area contributed by atoms with E-state index in [0.29, 0.717) is 6.42 Å². The average molecular weight is 182 g/mol. The third-order valence-corrected chi connectivity index (χ3v) is 2.53. The molecular formula is C10H18N2O. The monoisotopic (exact) mass is 182 g/mol. The standard InChI is InChI=1S/C10H18N2O/c11-9(10(12)13)7-6-8-4-2-1-3-5-8/h4,9H,1-3,5-7,11H2,(H2,12,13). The number of hydrogen-bond donors (Lipinski definition) is 2. The molecule has 3 nitrogen and oxygen atoms in total. The van der Waals surface area contributed by atoms with Crippen molar-refractivity contribution in [2.24, 2.45) is 11.5 Å². The molecule has 1 aliphatic carbocycles. The van der Waals surface area contributed by atoms with Crippen LogP contribution < -0.4 is 11.5 Å². The fourth-order valence-corrected chi connectivity index (χ4v) is 1.61. The van der Waals surface area contributed by atoms with Crippen LogP contribution in [0.3, 0.4) is 0 Å². The lowest BCUT2D eigenvalue weighted by Gasteiger charge is -2.13.